The third-order valence-corrected chi connectivity index (χ3v) is 5.30. The van der Waals surface area contributed by atoms with E-state index in [9.17, 15) is 19.5 Å². The molecule has 1 fully saturated rings. The van der Waals surface area contributed by atoms with Crippen LogP contribution in [0.1, 0.15) is 50.8 Å². The van der Waals surface area contributed by atoms with Crippen LogP contribution in [-0.2, 0) is 20.8 Å². The average molecular weight is 388 g/mol. The average Bonchev–Trinajstić information content (AvgIpc) is 3.12. The van der Waals surface area contributed by atoms with Gasteiger partial charge in [0.05, 0.1) is 12.5 Å². The Bertz CT molecular complexity index is 783. The van der Waals surface area contributed by atoms with Gasteiger partial charge in [-0.15, -0.1) is 0 Å². The van der Waals surface area contributed by atoms with E-state index in [0.717, 1.165) is 24.2 Å². The van der Waals surface area contributed by atoms with Crippen LogP contribution in [0.5, 0.6) is 5.75 Å². The number of carbonyl (C=O) groups is 3. The number of hydrogen-bond donors (Lipinski definition) is 2. The molecule has 1 aromatic rings. The van der Waals surface area contributed by atoms with Crippen molar-refractivity contribution < 1.29 is 24.2 Å². The molecule has 1 saturated heterocycles. The van der Waals surface area contributed by atoms with Crippen LogP contribution in [0.25, 0.3) is 0 Å². The molecular weight excluding hydrogens is 360 g/mol. The lowest BCUT2D eigenvalue weighted by atomic mass is 9.90. The van der Waals surface area contributed by atoms with Crippen LogP contribution in [-0.4, -0.2) is 47.5 Å². The normalized spacial score (nSPS) is 20.1. The maximum atomic E-state index is 12.8. The Labute approximate surface area is 165 Å². The molecule has 152 valence electrons. The lowest BCUT2D eigenvalue weighted by Gasteiger charge is -2.36. The van der Waals surface area contributed by atoms with Crippen molar-refractivity contribution >= 4 is 17.8 Å². The van der Waals surface area contributed by atoms with Crippen LogP contribution in [0.4, 0.5) is 0 Å². The molecule has 3 rings (SSSR count). The number of piperidine rings is 1. The van der Waals surface area contributed by atoms with Gasteiger partial charge in [0.25, 0.3) is 0 Å². The number of nitrogens with one attached hydrogen (secondary N) is 1. The molecule has 2 aliphatic rings. The van der Waals surface area contributed by atoms with Crippen molar-refractivity contribution in [3.63, 3.8) is 0 Å². The highest BCUT2D eigenvalue weighted by molar-refractivity contribution is 5.87. The van der Waals surface area contributed by atoms with E-state index in [-0.39, 0.29) is 11.8 Å². The van der Waals surface area contributed by atoms with E-state index in [1.54, 1.807) is 23.1 Å². The first-order chi connectivity index (χ1) is 13.2. The molecule has 2 unspecified atom stereocenters. The lowest BCUT2D eigenvalue weighted by molar-refractivity contribution is -0.145. The van der Waals surface area contributed by atoms with Gasteiger partial charge in [-0.3, -0.25) is 9.59 Å². The molecule has 7 nitrogen and oxygen atoms in total. The molecule has 0 bridgehead atoms. The molecule has 7 heteroatoms. The fourth-order valence-electron chi connectivity index (χ4n) is 3.78. The van der Waals surface area contributed by atoms with Gasteiger partial charge in [-0.25, -0.2) is 4.79 Å². The minimum absolute atomic E-state index is 0.0124. The first kappa shape index (κ1) is 20.2. The van der Waals surface area contributed by atoms with Crippen molar-refractivity contribution in [1.29, 1.82) is 0 Å². The fourth-order valence-corrected chi connectivity index (χ4v) is 3.78. The second-order valence-electron chi connectivity index (χ2n) is 8.59. The minimum atomic E-state index is -1.12. The molecule has 2 amide bonds. The van der Waals surface area contributed by atoms with Crippen LogP contribution in [0, 0.1) is 11.3 Å². The number of rotatable bonds is 4. The van der Waals surface area contributed by atoms with E-state index in [1.807, 2.05) is 20.8 Å². The van der Waals surface area contributed by atoms with E-state index < -0.39 is 23.3 Å². The fraction of sp³-hybridized carbons (Fsp3) is 0.571. The van der Waals surface area contributed by atoms with Gasteiger partial charge in [0, 0.05) is 24.9 Å². The van der Waals surface area contributed by atoms with Crippen LogP contribution >= 0.6 is 0 Å². The number of hydrogen-bond acceptors (Lipinski definition) is 4. The van der Waals surface area contributed by atoms with E-state index in [2.05, 4.69) is 5.32 Å². The number of carbonyl (C=O) groups excluding carboxylic acids is 2. The molecule has 2 aliphatic heterocycles. The maximum Gasteiger partial charge on any atom is 0.330 e. The topological polar surface area (TPSA) is 95.9 Å². The summed E-state index contributed by atoms with van der Waals surface area (Å²) in [4.78, 5) is 38.9. The number of likely N-dealkylation sites (tertiary alicyclic amines) is 1. The van der Waals surface area contributed by atoms with Gasteiger partial charge in [0.2, 0.25) is 11.8 Å². The maximum absolute atomic E-state index is 12.8. The zero-order valence-electron chi connectivity index (χ0n) is 16.7. The Hall–Kier alpha value is -2.57. The van der Waals surface area contributed by atoms with E-state index in [1.165, 1.54) is 0 Å². The number of carboxylic acid groups (broad SMARTS) is 1. The quantitative estimate of drug-likeness (QED) is 0.824. The third kappa shape index (κ3) is 4.29. The highest BCUT2D eigenvalue weighted by Gasteiger charge is 2.35. The second kappa shape index (κ2) is 7.81. The Balaban J connectivity index is 1.70. The molecule has 0 radical (unpaired) electrons. The van der Waals surface area contributed by atoms with Crippen LogP contribution in [0.3, 0.4) is 0 Å². The summed E-state index contributed by atoms with van der Waals surface area (Å²) in [5, 5.41) is 12.3. The monoisotopic (exact) mass is 388 g/mol. The van der Waals surface area contributed by atoms with E-state index in [4.69, 9.17) is 4.74 Å². The second-order valence-corrected chi connectivity index (χ2v) is 8.59. The predicted octanol–water partition coefficient (Wildman–Crippen LogP) is 2.15. The van der Waals surface area contributed by atoms with Gasteiger partial charge in [-0.1, -0.05) is 26.8 Å². The summed E-state index contributed by atoms with van der Waals surface area (Å²) in [6.07, 6.45) is 2.11. The largest absolute Gasteiger partial charge is 0.493 e. The Morgan fingerprint density at radius 3 is 2.71 bits per heavy atom. The molecule has 1 aromatic carbocycles. The number of aliphatic carboxylic acids is 1. The molecule has 2 heterocycles. The summed E-state index contributed by atoms with van der Waals surface area (Å²) in [5.74, 6) is -1.05. The Kier molecular flexibility index (Phi) is 5.63. The third-order valence-electron chi connectivity index (χ3n) is 5.30. The van der Waals surface area contributed by atoms with Crippen molar-refractivity contribution in [1.82, 2.24) is 10.2 Å². The van der Waals surface area contributed by atoms with Crippen molar-refractivity contribution in [3.05, 3.63) is 29.3 Å². The number of fused-ring (bicyclic) bond motifs is 1. The standard InChI is InChI=1S/C21H28N2O5/c1-21(2,3)20(27)23-9-4-5-15(12-23)18(24)22-17(19(25)26)14-6-7-16-13(11-14)8-10-28-16/h6-7,11,15,17H,4-5,8-10,12H2,1-3H3,(H,22,24)(H,25,26). The SMILES string of the molecule is CC(C)(C)C(=O)N1CCCC(C(=O)NC(C(=O)O)c2ccc3c(c2)CCO3)C1. The number of nitrogens with zero attached hydrogens (tertiary/aromatic N) is 1. The predicted molar refractivity (Wildman–Crippen MR) is 103 cm³/mol. The van der Waals surface area contributed by atoms with Gasteiger partial charge >= 0.3 is 5.97 Å². The first-order valence-corrected chi connectivity index (χ1v) is 9.75. The zero-order chi connectivity index (χ0) is 20.5. The summed E-state index contributed by atoms with van der Waals surface area (Å²) >= 11 is 0. The van der Waals surface area contributed by atoms with Gasteiger partial charge < -0.3 is 20.1 Å². The molecule has 2 atom stereocenters. The zero-order valence-corrected chi connectivity index (χ0v) is 16.7. The van der Waals surface area contributed by atoms with Crippen LogP contribution in [0.15, 0.2) is 18.2 Å². The lowest BCUT2D eigenvalue weighted by Crippen LogP contribution is -2.49. The number of benzene rings is 1. The van der Waals surface area contributed by atoms with Crippen molar-refractivity contribution in [2.45, 2.75) is 46.1 Å². The Morgan fingerprint density at radius 1 is 1.29 bits per heavy atom. The van der Waals surface area contributed by atoms with Crippen LogP contribution < -0.4 is 10.1 Å². The summed E-state index contributed by atoms with van der Waals surface area (Å²) in [5.41, 5.74) is 0.982. The molecule has 0 spiro atoms. The molecule has 0 aromatic heterocycles. The number of carboxylic acids is 1. The highest BCUT2D eigenvalue weighted by Crippen LogP contribution is 2.29. The summed E-state index contributed by atoms with van der Waals surface area (Å²) in [6.45, 7) is 7.12. The first-order valence-electron chi connectivity index (χ1n) is 9.75. The van der Waals surface area contributed by atoms with Crippen molar-refractivity contribution in [2.24, 2.45) is 11.3 Å². The van der Waals surface area contributed by atoms with Crippen molar-refractivity contribution in [2.75, 3.05) is 19.7 Å². The van der Waals surface area contributed by atoms with Gasteiger partial charge in [-0.2, -0.15) is 0 Å². The number of ether oxygens (including phenoxy) is 1. The van der Waals surface area contributed by atoms with Gasteiger partial charge in [-0.05, 0) is 36.1 Å². The molecule has 0 aliphatic carbocycles. The van der Waals surface area contributed by atoms with Gasteiger partial charge in [0.1, 0.15) is 5.75 Å². The van der Waals surface area contributed by atoms with Gasteiger partial charge in [0.15, 0.2) is 6.04 Å². The summed E-state index contributed by atoms with van der Waals surface area (Å²) in [7, 11) is 0. The Morgan fingerprint density at radius 2 is 2.04 bits per heavy atom. The minimum Gasteiger partial charge on any atom is -0.493 e. The van der Waals surface area contributed by atoms with E-state index in [0.29, 0.717) is 31.7 Å². The summed E-state index contributed by atoms with van der Waals surface area (Å²) in [6, 6.07) is 4.11. The molecule has 0 saturated carbocycles. The van der Waals surface area contributed by atoms with Crippen LogP contribution in [0.2, 0.25) is 0 Å². The number of amides is 2. The molecular formula is C21H28N2O5. The molecule has 2 N–H and O–H groups in total. The molecule has 28 heavy (non-hydrogen) atoms. The van der Waals surface area contributed by atoms with E-state index >= 15 is 0 Å². The summed E-state index contributed by atoms with van der Waals surface area (Å²) < 4.78 is 5.46. The highest BCUT2D eigenvalue weighted by atomic mass is 16.5. The smallest absolute Gasteiger partial charge is 0.330 e. The van der Waals surface area contributed by atoms with Crippen molar-refractivity contribution in [3.8, 4) is 5.75 Å².